The van der Waals surface area contributed by atoms with Gasteiger partial charge >= 0.3 is 12.0 Å². The molecule has 0 saturated carbocycles. The van der Waals surface area contributed by atoms with E-state index in [1.165, 1.54) is 6.08 Å². The summed E-state index contributed by atoms with van der Waals surface area (Å²) >= 11 is 0. The summed E-state index contributed by atoms with van der Waals surface area (Å²) in [5.74, 6) is -1.30. The van der Waals surface area contributed by atoms with Gasteiger partial charge in [-0.1, -0.05) is 35.9 Å². The van der Waals surface area contributed by atoms with E-state index in [1.807, 2.05) is 30.3 Å². The zero-order valence-corrected chi connectivity index (χ0v) is 12.0. The van der Waals surface area contributed by atoms with Gasteiger partial charge in [0.1, 0.15) is 0 Å². The standard InChI is InChI=1S/C15H18N2O4/c1-11(2)8-14(19)21-10-13(18)17-15(20)16-9-12-6-4-3-5-7-12/h3-8H,9-10H2,1-2H3,(H2,16,17,18,20). The van der Waals surface area contributed by atoms with Crippen molar-refractivity contribution < 1.29 is 19.1 Å². The second-order valence-electron chi connectivity index (χ2n) is 4.55. The lowest BCUT2D eigenvalue weighted by Gasteiger charge is -2.07. The van der Waals surface area contributed by atoms with Gasteiger partial charge in [0, 0.05) is 12.6 Å². The number of carbonyl (C=O) groups is 3. The average molecular weight is 290 g/mol. The first-order chi connectivity index (χ1) is 9.97. The summed E-state index contributed by atoms with van der Waals surface area (Å²) in [6.45, 7) is 3.27. The molecule has 0 heterocycles. The minimum atomic E-state index is -0.684. The first kappa shape index (κ1) is 16.4. The maximum absolute atomic E-state index is 11.5. The van der Waals surface area contributed by atoms with Gasteiger partial charge in [-0.05, 0) is 19.4 Å². The van der Waals surface area contributed by atoms with Crippen LogP contribution in [0, 0.1) is 0 Å². The molecule has 0 fully saturated rings. The molecule has 0 aliphatic heterocycles. The third kappa shape index (κ3) is 7.51. The summed E-state index contributed by atoms with van der Waals surface area (Å²) in [6.07, 6.45) is 1.27. The average Bonchev–Trinajstić information content (AvgIpc) is 2.43. The monoisotopic (exact) mass is 290 g/mol. The van der Waals surface area contributed by atoms with Gasteiger partial charge in [-0.15, -0.1) is 0 Å². The van der Waals surface area contributed by atoms with Crippen LogP contribution in [-0.4, -0.2) is 24.5 Å². The van der Waals surface area contributed by atoms with Gasteiger partial charge in [0.25, 0.3) is 5.91 Å². The number of amides is 3. The van der Waals surface area contributed by atoms with Gasteiger partial charge in [-0.3, -0.25) is 10.1 Å². The number of nitrogens with one attached hydrogen (secondary N) is 2. The van der Waals surface area contributed by atoms with Crippen LogP contribution in [0.3, 0.4) is 0 Å². The number of urea groups is 1. The van der Waals surface area contributed by atoms with Crippen molar-refractivity contribution in [3.05, 3.63) is 47.5 Å². The highest BCUT2D eigenvalue weighted by Crippen LogP contribution is 1.96. The van der Waals surface area contributed by atoms with Crippen LogP contribution < -0.4 is 10.6 Å². The molecule has 112 valence electrons. The maximum atomic E-state index is 11.5. The lowest BCUT2D eigenvalue weighted by Crippen LogP contribution is -2.41. The van der Waals surface area contributed by atoms with Crippen molar-refractivity contribution in [1.82, 2.24) is 10.6 Å². The van der Waals surface area contributed by atoms with Crippen molar-refractivity contribution in [3.8, 4) is 0 Å². The summed E-state index contributed by atoms with van der Waals surface area (Å²) in [5.41, 5.74) is 1.68. The molecule has 0 radical (unpaired) electrons. The molecule has 0 aliphatic rings. The minimum Gasteiger partial charge on any atom is -0.452 e. The molecule has 0 bridgehead atoms. The van der Waals surface area contributed by atoms with E-state index in [9.17, 15) is 14.4 Å². The van der Waals surface area contributed by atoms with Crippen LogP contribution in [-0.2, 0) is 20.9 Å². The molecule has 0 aliphatic carbocycles. The highest BCUT2D eigenvalue weighted by atomic mass is 16.5. The Kier molecular flexibility index (Phi) is 6.67. The lowest BCUT2D eigenvalue weighted by atomic mass is 10.2. The number of hydrogen-bond donors (Lipinski definition) is 2. The van der Waals surface area contributed by atoms with E-state index in [0.717, 1.165) is 11.1 Å². The van der Waals surface area contributed by atoms with Crippen LogP contribution in [0.1, 0.15) is 19.4 Å². The van der Waals surface area contributed by atoms with Crippen LogP contribution in [0.4, 0.5) is 4.79 Å². The topological polar surface area (TPSA) is 84.5 Å². The van der Waals surface area contributed by atoms with Crippen molar-refractivity contribution >= 4 is 17.9 Å². The molecule has 0 aromatic heterocycles. The Morgan fingerprint density at radius 2 is 1.81 bits per heavy atom. The Morgan fingerprint density at radius 3 is 2.43 bits per heavy atom. The van der Waals surface area contributed by atoms with E-state index in [0.29, 0.717) is 6.54 Å². The van der Waals surface area contributed by atoms with Crippen molar-refractivity contribution in [3.63, 3.8) is 0 Å². The van der Waals surface area contributed by atoms with Gasteiger partial charge < -0.3 is 10.1 Å². The molecule has 1 aromatic rings. The second kappa shape index (κ2) is 8.52. The highest BCUT2D eigenvalue weighted by Gasteiger charge is 2.09. The number of rotatable bonds is 5. The van der Waals surface area contributed by atoms with Gasteiger partial charge in [-0.25, -0.2) is 9.59 Å². The maximum Gasteiger partial charge on any atom is 0.331 e. The number of hydrogen-bond acceptors (Lipinski definition) is 4. The fourth-order valence-electron chi connectivity index (χ4n) is 1.40. The van der Waals surface area contributed by atoms with Crippen LogP contribution in [0.5, 0.6) is 0 Å². The first-order valence-electron chi connectivity index (χ1n) is 6.40. The number of carbonyl (C=O) groups excluding carboxylic acids is 3. The lowest BCUT2D eigenvalue weighted by molar-refractivity contribution is -0.143. The summed E-state index contributed by atoms with van der Waals surface area (Å²) in [6, 6.07) is 8.63. The normalized spacial score (nSPS) is 9.43. The predicted octanol–water partition coefficient (Wildman–Crippen LogP) is 1.52. The molecular weight excluding hydrogens is 272 g/mol. The summed E-state index contributed by atoms with van der Waals surface area (Å²) in [7, 11) is 0. The van der Waals surface area contributed by atoms with E-state index in [1.54, 1.807) is 13.8 Å². The van der Waals surface area contributed by atoms with E-state index in [4.69, 9.17) is 0 Å². The Hall–Kier alpha value is -2.63. The molecule has 0 spiro atoms. The Labute approximate surface area is 123 Å². The molecular formula is C15H18N2O4. The summed E-state index contributed by atoms with van der Waals surface area (Å²) in [4.78, 5) is 34.0. The molecule has 3 amide bonds. The fraction of sp³-hybridized carbons (Fsp3) is 0.267. The van der Waals surface area contributed by atoms with E-state index in [-0.39, 0.29) is 0 Å². The van der Waals surface area contributed by atoms with Gasteiger partial charge in [0.15, 0.2) is 6.61 Å². The van der Waals surface area contributed by atoms with E-state index >= 15 is 0 Å². The molecule has 2 N–H and O–H groups in total. The predicted molar refractivity (Wildman–Crippen MR) is 77.2 cm³/mol. The number of esters is 1. The molecule has 1 aromatic carbocycles. The van der Waals surface area contributed by atoms with E-state index in [2.05, 4.69) is 15.4 Å². The van der Waals surface area contributed by atoms with Gasteiger partial charge in [0.2, 0.25) is 0 Å². The Balaban J connectivity index is 2.26. The van der Waals surface area contributed by atoms with Crippen LogP contribution in [0.25, 0.3) is 0 Å². The molecule has 0 unspecified atom stereocenters. The summed E-state index contributed by atoms with van der Waals surface area (Å²) in [5, 5.41) is 4.60. The van der Waals surface area contributed by atoms with E-state index < -0.39 is 24.5 Å². The van der Waals surface area contributed by atoms with Gasteiger partial charge in [0.05, 0.1) is 0 Å². The van der Waals surface area contributed by atoms with Crippen LogP contribution >= 0.6 is 0 Å². The molecule has 1 rings (SSSR count). The Bertz CT molecular complexity index is 534. The van der Waals surface area contributed by atoms with Crippen molar-refractivity contribution in [1.29, 1.82) is 0 Å². The van der Waals surface area contributed by atoms with Crippen LogP contribution in [0.2, 0.25) is 0 Å². The zero-order valence-electron chi connectivity index (χ0n) is 12.0. The zero-order chi connectivity index (χ0) is 15.7. The molecule has 0 saturated heterocycles. The quantitative estimate of drug-likeness (QED) is 0.636. The van der Waals surface area contributed by atoms with Gasteiger partial charge in [-0.2, -0.15) is 0 Å². The third-order valence-electron chi connectivity index (χ3n) is 2.30. The second-order valence-corrected chi connectivity index (χ2v) is 4.55. The summed E-state index contributed by atoms with van der Waals surface area (Å²) < 4.78 is 4.67. The number of imide groups is 1. The molecule has 21 heavy (non-hydrogen) atoms. The molecule has 6 heteroatoms. The largest absolute Gasteiger partial charge is 0.452 e. The fourth-order valence-corrected chi connectivity index (χ4v) is 1.40. The molecule has 0 atom stereocenters. The highest BCUT2D eigenvalue weighted by molar-refractivity contribution is 5.96. The number of ether oxygens (including phenoxy) is 1. The third-order valence-corrected chi connectivity index (χ3v) is 2.30. The minimum absolute atomic E-state index is 0.303. The SMILES string of the molecule is CC(C)=CC(=O)OCC(=O)NC(=O)NCc1ccccc1. The van der Waals surface area contributed by atoms with Crippen molar-refractivity contribution in [2.75, 3.05) is 6.61 Å². The molecule has 6 nitrogen and oxygen atoms in total. The Morgan fingerprint density at radius 1 is 1.14 bits per heavy atom. The van der Waals surface area contributed by atoms with Crippen molar-refractivity contribution in [2.45, 2.75) is 20.4 Å². The number of allylic oxidation sites excluding steroid dienone is 1. The van der Waals surface area contributed by atoms with Crippen LogP contribution in [0.15, 0.2) is 42.0 Å². The van der Waals surface area contributed by atoms with Crippen molar-refractivity contribution in [2.24, 2.45) is 0 Å². The smallest absolute Gasteiger partial charge is 0.331 e. The first-order valence-corrected chi connectivity index (χ1v) is 6.40. The number of benzene rings is 1.